The largest absolute Gasteiger partial charge is 0.465 e. The van der Waals surface area contributed by atoms with Crippen LogP contribution in [0.4, 0.5) is 0 Å². The fourth-order valence-electron chi connectivity index (χ4n) is 2.75. The van der Waals surface area contributed by atoms with Crippen LogP contribution in [0.3, 0.4) is 0 Å². The van der Waals surface area contributed by atoms with E-state index in [1.165, 1.54) is 0 Å². The zero-order chi connectivity index (χ0) is 15.0. The summed E-state index contributed by atoms with van der Waals surface area (Å²) in [5.41, 5.74) is -0.526. The fourth-order valence-corrected chi connectivity index (χ4v) is 2.75. The SMILES string of the molecule is CCOC(=O)C1(NCCOC)CCN(CC(C)C)CC1. The molecule has 5 heteroatoms. The van der Waals surface area contributed by atoms with Crippen LogP contribution in [-0.4, -0.2) is 62.9 Å². The van der Waals surface area contributed by atoms with Gasteiger partial charge in [0.1, 0.15) is 5.54 Å². The molecular weight excluding hydrogens is 256 g/mol. The highest BCUT2D eigenvalue weighted by atomic mass is 16.5. The summed E-state index contributed by atoms with van der Waals surface area (Å²) in [4.78, 5) is 14.7. The fraction of sp³-hybridized carbons (Fsp3) is 0.933. The highest BCUT2D eigenvalue weighted by Gasteiger charge is 2.42. The minimum atomic E-state index is -0.526. The van der Waals surface area contributed by atoms with Gasteiger partial charge in [-0.15, -0.1) is 0 Å². The summed E-state index contributed by atoms with van der Waals surface area (Å²) in [5.74, 6) is 0.548. The number of methoxy groups -OCH3 is 1. The smallest absolute Gasteiger partial charge is 0.326 e. The number of carbonyl (C=O) groups excluding carboxylic acids is 1. The summed E-state index contributed by atoms with van der Waals surface area (Å²) < 4.78 is 10.3. The molecule has 0 radical (unpaired) electrons. The summed E-state index contributed by atoms with van der Waals surface area (Å²) in [7, 11) is 1.67. The number of hydrogen-bond donors (Lipinski definition) is 1. The number of piperidine rings is 1. The molecule has 0 aromatic heterocycles. The Labute approximate surface area is 123 Å². The van der Waals surface area contributed by atoms with Crippen LogP contribution in [-0.2, 0) is 14.3 Å². The first-order chi connectivity index (χ1) is 9.54. The minimum absolute atomic E-state index is 0.111. The van der Waals surface area contributed by atoms with Gasteiger partial charge in [0, 0.05) is 33.3 Å². The molecule has 1 N–H and O–H groups in total. The molecule has 1 rings (SSSR count). The summed E-state index contributed by atoms with van der Waals surface area (Å²) in [6.07, 6.45) is 1.62. The monoisotopic (exact) mass is 286 g/mol. The minimum Gasteiger partial charge on any atom is -0.465 e. The molecule has 5 nitrogen and oxygen atoms in total. The van der Waals surface area contributed by atoms with Gasteiger partial charge in [-0.2, -0.15) is 0 Å². The van der Waals surface area contributed by atoms with Crippen molar-refractivity contribution in [2.75, 3.05) is 46.5 Å². The van der Waals surface area contributed by atoms with Gasteiger partial charge in [-0.05, 0) is 25.7 Å². The Morgan fingerprint density at radius 1 is 1.35 bits per heavy atom. The molecule has 0 aliphatic carbocycles. The zero-order valence-electron chi connectivity index (χ0n) is 13.4. The van der Waals surface area contributed by atoms with Crippen LogP contribution in [0, 0.1) is 5.92 Å². The van der Waals surface area contributed by atoms with E-state index < -0.39 is 5.54 Å². The molecule has 0 bridgehead atoms. The number of carbonyl (C=O) groups is 1. The molecule has 1 fully saturated rings. The van der Waals surface area contributed by atoms with Crippen LogP contribution >= 0.6 is 0 Å². The Hall–Kier alpha value is -0.650. The van der Waals surface area contributed by atoms with Gasteiger partial charge < -0.3 is 14.4 Å². The van der Waals surface area contributed by atoms with Crippen molar-refractivity contribution in [2.24, 2.45) is 5.92 Å². The predicted molar refractivity (Wildman–Crippen MR) is 79.8 cm³/mol. The zero-order valence-corrected chi connectivity index (χ0v) is 13.4. The van der Waals surface area contributed by atoms with Crippen molar-refractivity contribution in [2.45, 2.75) is 39.2 Å². The van der Waals surface area contributed by atoms with Crippen molar-refractivity contribution in [3.8, 4) is 0 Å². The molecule has 1 heterocycles. The summed E-state index contributed by atoms with van der Waals surface area (Å²) in [6, 6.07) is 0. The molecule has 1 saturated heterocycles. The van der Waals surface area contributed by atoms with Gasteiger partial charge in [-0.1, -0.05) is 13.8 Å². The Bertz CT molecular complexity index is 287. The lowest BCUT2D eigenvalue weighted by Crippen LogP contribution is -2.59. The van der Waals surface area contributed by atoms with Crippen LogP contribution in [0.1, 0.15) is 33.6 Å². The molecule has 0 spiro atoms. The second-order valence-electron chi connectivity index (χ2n) is 5.92. The van der Waals surface area contributed by atoms with Gasteiger partial charge in [0.25, 0.3) is 0 Å². The molecular formula is C15H30N2O3. The number of ether oxygens (including phenoxy) is 2. The van der Waals surface area contributed by atoms with Gasteiger partial charge in [0.05, 0.1) is 13.2 Å². The number of nitrogens with one attached hydrogen (secondary N) is 1. The molecule has 0 unspecified atom stereocenters. The van der Waals surface area contributed by atoms with Gasteiger partial charge in [-0.25, -0.2) is 0 Å². The van der Waals surface area contributed by atoms with E-state index >= 15 is 0 Å². The molecule has 118 valence electrons. The molecule has 0 amide bonds. The first-order valence-corrected chi connectivity index (χ1v) is 7.67. The lowest BCUT2D eigenvalue weighted by Gasteiger charge is -2.41. The van der Waals surface area contributed by atoms with E-state index in [0.717, 1.165) is 32.5 Å². The van der Waals surface area contributed by atoms with Crippen LogP contribution < -0.4 is 5.32 Å². The quantitative estimate of drug-likeness (QED) is 0.538. The van der Waals surface area contributed by atoms with Gasteiger partial charge in [0.2, 0.25) is 0 Å². The van der Waals surface area contributed by atoms with Crippen LogP contribution in [0.5, 0.6) is 0 Å². The van der Waals surface area contributed by atoms with Crippen molar-refractivity contribution >= 4 is 5.97 Å². The van der Waals surface area contributed by atoms with E-state index in [1.807, 2.05) is 6.92 Å². The maximum Gasteiger partial charge on any atom is 0.326 e. The molecule has 0 atom stereocenters. The normalized spacial score (nSPS) is 19.2. The van der Waals surface area contributed by atoms with Crippen LogP contribution in [0.15, 0.2) is 0 Å². The van der Waals surface area contributed by atoms with E-state index in [4.69, 9.17) is 9.47 Å². The van der Waals surface area contributed by atoms with Crippen molar-refractivity contribution in [1.29, 1.82) is 0 Å². The van der Waals surface area contributed by atoms with E-state index in [1.54, 1.807) is 7.11 Å². The van der Waals surface area contributed by atoms with E-state index in [0.29, 0.717) is 25.7 Å². The molecule has 0 aromatic carbocycles. The molecule has 1 aliphatic heterocycles. The van der Waals surface area contributed by atoms with Crippen LogP contribution in [0.25, 0.3) is 0 Å². The number of rotatable bonds is 8. The third kappa shape index (κ3) is 5.04. The highest BCUT2D eigenvalue weighted by molar-refractivity contribution is 5.81. The number of hydrogen-bond acceptors (Lipinski definition) is 5. The Morgan fingerprint density at radius 2 is 2.00 bits per heavy atom. The van der Waals surface area contributed by atoms with Crippen molar-refractivity contribution < 1.29 is 14.3 Å². The molecule has 20 heavy (non-hydrogen) atoms. The molecule has 1 aliphatic rings. The lowest BCUT2D eigenvalue weighted by atomic mass is 9.87. The topological polar surface area (TPSA) is 50.8 Å². The van der Waals surface area contributed by atoms with Gasteiger partial charge >= 0.3 is 5.97 Å². The predicted octanol–water partition coefficient (Wildman–Crippen LogP) is 1.28. The van der Waals surface area contributed by atoms with Gasteiger partial charge in [-0.3, -0.25) is 10.1 Å². The Balaban J connectivity index is 2.59. The maximum absolute atomic E-state index is 12.3. The third-order valence-corrected chi connectivity index (χ3v) is 3.77. The number of esters is 1. The third-order valence-electron chi connectivity index (χ3n) is 3.77. The molecule has 0 saturated carbocycles. The second kappa shape index (κ2) is 8.60. The van der Waals surface area contributed by atoms with Crippen molar-refractivity contribution in [3.63, 3.8) is 0 Å². The Kier molecular flexibility index (Phi) is 7.48. The maximum atomic E-state index is 12.3. The number of likely N-dealkylation sites (tertiary alicyclic amines) is 1. The van der Waals surface area contributed by atoms with E-state index in [9.17, 15) is 4.79 Å². The summed E-state index contributed by atoms with van der Waals surface area (Å²) in [5, 5.41) is 3.37. The van der Waals surface area contributed by atoms with E-state index in [-0.39, 0.29) is 5.97 Å². The average molecular weight is 286 g/mol. The van der Waals surface area contributed by atoms with Crippen molar-refractivity contribution in [1.82, 2.24) is 10.2 Å². The van der Waals surface area contributed by atoms with Crippen molar-refractivity contribution in [3.05, 3.63) is 0 Å². The summed E-state index contributed by atoms with van der Waals surface area (Å²) >= 11 is 0. The summed E-state index contributed by atoms with van der Waals surface area (Å²) in [6.45, 7) is 11.0. The van der Waals surface area contributed by atoms with Crippen LogP contribution in [0.2, 0.25) is 0 Å². The second-order valence-corrected chi connectivity index (χ2v) is 5.92. The lowest BCUT2D eigenvalue weighted by molar-refractivity contribution is -0.153. The number of nitrogens with zero attached hydrogens (tertiary/aromatic N) is 1. The van der Waals surface area contributed by atoms with E-state index in [2.05, 4.69) is 24.1 Å². The van der Waals surface area contributed by atoms with Gasteiger partial charge in [0.15, 0.2) is 0 Å². The highest BCUT2D eigenvalue weighted by Crippen LogP contribution is 2.24. The first-order valence-electron chi connectivity index (χ1n) is 7.67. The Morgan fingerprint density at radius 3 is 2.50 bits per heavy atom. The standard InChI is InChI=1S/C15H30N2O3/c1-5-20-14(18)15(16-8-11-19-4)6-9-17(10-7-15)12-13(2)3/h13,16H,5-12H2,1-4H3. The first kappa shape index (κ1) is 17.4. The average Bonchev–Trinajstić information content (AvgIpc) is 2.41. The molecule has 0 aromatic rings.